The van der Waals surface area contributed by atoms with E-state index in [0.717, 1.165) is 11.1 Å². The Morgan fingerprint density at radius 2 is 1.23 bits per heavy atom. The van der Waals surface area contributed by atoms with Crippen LogP contribution in [0, 0.1) is 11.6 Å². The van der Waals surface area contributed by atoms with Gasteiger partial charge >= 0.3 is 0 Å². The van der Waals surface area contributed by atoms with Crippen LogP contribution in [0.3, 0.4) is 0 Å². The van der Waals surface area contributed by atoms with Crippen LogP contribution in [0.25, 0.3) is 0 Å². The smallest absolute Gasteiger partial charge is 0.123 e. The average molecular weight is 306 g/mol. The van der Waals surface area contributed by atoms with Crippen LogP contribution in [0.2, 0.25) is 0 Å². The van der Waals surface area contributed by atoms with Crippen molar-refractivity contribution in [3.05, 3.63) is 71.3 Å². The number of benzene rings is 2. The molecule has 0 saturated heterocycles. The van der Waals surface area contributed by atoms with Crippen molar-refractivity contribution < 1.29 is 18.3 Å². The van der Waals surface area contributed by atoms with Crippen LogP contribution in [-0.4, -0.2) is 27.4 Å². The molecule has 0 unspecified atom stereocenters. The molecule has 0 heterocycles. The summed E-state index contributed by atoms with van der Waals surface area (Å²) in [4.78, 5) is 0. The predicted molar refractivity (Wildman–Crippen MR) is 81.9 cm³/mol. The minimum Gasteiger partial charge on any atom is -0.385 e. The fourth-order valence-electron chi connectivity index (χ4n) is 2.75. The summed E-state index contributed by atoms with van der Waals surface area (Å²) in [6.07, 6.45) is 0.647. The zero-order chi connectivity index (χ0) is 16.0. The largest absolute Gasteiger partial charge is 0.385 e. The van der Waals surface area contributed by atoms with Gasteiger partial charge in [0.15, 0.2) is 0 Å². The van der Waals surface area contributed by atoms with Gasteiger partial charge < -0.3 is 9.47 Å². The van der Waals surface area contributed by atoms with Crippen LogP contribution in [-0.2, 0) is 14.9 Å². The Morgan fingerprint density at radius 1 is 0.773 bits per heavy atom. The van der Waals surface area contributed by atoms with E-state index < -0.39 is 5.41 Å². The highest BCUT2D eigenvalue weighted by molar-refractivity contribution is 5.40. The molecule has 0 aliphatic heterocycles. The first-order chi connectivity index (χ1) is 10.6. The molecule has 0 aromatic heterocycles. The molecule has 4 heteroatoms. The Balaban J connectivity index is 2.53. The zero-order valence-corrected chi connectivity index (χ0v) is 12.8. The number of ether oxygens (including phenoxy) is 2. The number of methoxy groups -OCH3 is 2. The van der Waals surface area contributed by atoms with E-state index in [1.54, 1.807) is 38.5 Å². The van der Waals surface area contributed by atoms with Crippen LogP contribution in [0.5, 0.6) is 0 Å². The number of rotatable bonds is 7. The van der Waals surface area contributed by atoms with Crippen LogP contribution in [0.15, 0.2) is 48.5 Å². The highest BCUT2D eigenvalue weighted by atomic mass is 19.1. The Hall–Kier alpha value is -1.78. The molecule has 2 rings (SSSR count). The first-order valence-corrected chi connectivity index (χ1v) is 7.12. The van der Waals surface area contributed by atoms with E-state index >= 15 is 0 Å². The van der Waals surface area contributed by atoms with Gasteiger partial charge in [0, 0.05) is 26.2 Å². The highest BCUT2D eigenvalue weighted by Crippen LogP contribution is 2.36. The lowest BCUT2D eigenvalue weighted by Gasteiger charge is -2.34. The van der Waals surface area contributed by atoms with Gasteiger partial charge in [-0.15, -0.1) is 0 Å². The summed E-state index contributed by atoms with van der Waals surface area (Å²) in [5.74, 6) is -0.582. The minimum absolute atomic E-state index is 0.291. The SMILES string of the molecule is COCCC(COC)(c1ccc(F)cc1)c1ccc(F)cc1. The van der Waals surface area contributed by atoms with Crippen molar-refractivity contribution in [2.24, 2.45) is 0 Å². The maximum atomic E-state index is 13.3. The zero-order valence-electron chi connectivity index (χ0n) is 12.8. The minimum atomic E-state index is -0.508. The molecular weight excluding hydrogens is 286 g/mol. The standard InChI is InChI=1S/C18H20F2O2/c1-21-12-11-18(13-22-2,14-3-7-16(19)8-4-14)15-5-9-17(20)10-6-15/h3-10H,11-13H2,1-2H3. The summed E-state index contributed by atoms with van der Waals surface area (Å²) in [6, 6.07) is 12.7. The summed E-state index contributed by atoms with van der Waals surface area (Å²) in [5, 5.41) is 0. The Bertz CT molecular complexity index is 534. The molecule has 0 amide bonds. The third-order valence-electron chi connectivity index (χ3n) is 3.92. The molecule has 0 aliphatic rings. The van der Waals surface area contributed by atoms with E-state index in [-0.39, 0.29) is 11.6 Å². The van der Waals surface area contributed by atoms with Gasteiger partial charge in [-0.3, -0.25) is 0 Å². The number of hydrogen-bond acceptors (Lipinski definition) is 2. The molecule has 0 fully saturated rings. The lowest BCUT2D eigenvalue weighted by atomic mass is 9.72. The first-order valence-electron chi connectivity index (χ1n) is 7.12. The van der Waals surface area contributed by atoms with Gasteiger partial charge in [-0.1, -0.05) is 24.3 Å². The quantitative estimate of drug-likeness (QED) is 0.771. The molecule has 0 N–H and O–H groups in total. The molecule has 0 atom stereocenters. The summed E-state index contributed by atoms with van der Waals surface area (Å²) >= 11 is 0. The molecule has 0 aliphatic carbocycles. The van der Waals surface area contributed by atoms with E-state index in [0.29, 0.717) is 19.6 Å². The molecule has 2 nitrogen and oxygen atoms in total. The molecule has 118 valence electrons. The van der Waals surface area contributed by atoms with Crippen molar-refractivity contribution in [3.63, 3.8) is 0 Å². The van der Waals surface area contributed by atoms with Crippen molar-refractivity contribution in [1.82, 2.24) is 0 Å². The van der Waals surface area contributed by atoms with Crippen molar-refractivity contribution in [3.8, 4) is 0 Å². The van der Waals surface area contributed by atoms with Gasteiger partial charge in [-0.2, -0.15) is 0 Å². The Labute approximate surface area is 129 Å². The van der Waals surface area contributed by atoms with Crippen molar-refractivity contribution in [2.75, 3.05) is 27.4 Å². The summed E-state index contributed by atoms with van der Waals surface area (Å²) in [5.41, 5.74) is 1.32. The Kier molecular flexibility index (Phi) is 5.63. The second-order valence-electron chi connectivity index (χ2n) is 5.27. The summed E-state index contributed by atoms with van der Waals surface area (Å²) in [6.45, 7) is 0.908. The molecule has 2 aromatic rings. The molecular formula is C18H20F2O2. The van der Waals surface area contributed by atoms with Crippen LogP contribution >= 0.6 is 0 Å². The third-order valence-corrected chi connectivity index (χ3v) is 3.92. The number of halogens is 2. The maximum Gasteiger partial charge on any atom is 0.123 e. The lowest BCUT2D eigenvalue weighted by molar-refractivity contribution is 0.113. The van der Waals surface area contributed by atoms with Crippen LogP contribution < -0.4 is 0 Å². The van der Waals surface area contributed by atoms with Gasteiger partial charge in [-0.05, 0) is 41.8 Å². The summed E-state index contributed by atoms with van der Waals surface area (Å²) < 4.78 is 37.2. The third kappa shape index (κ3) is 3.51. The molecule has 0 spiro atoms. The van der Waals surface area contributed by atoms with E-state index in [1.165, 1.54) is 24.3 Å². The summed E-state index contributed by atoms with van der Waals surface area (Å²) in [7, 11) is 3.25. The molecule has 2 aromatic carbocycles. The lowest BCUT2D eigenvalue weighted by Crippen LogP contribution is -2.34. The molecule has 0 saturated carbocycles. The van der Waals surface area contributed by atoms with Gasteiger partial charge in [0.05, 0.1) is 6.61 Å². The Morgan fingerprint density at radius 3 is 1.59 bits per heavy atom. The first kappa shape index (κ1) is 16.6. The van der Waals surface area contributed by atoms with Crippen molar-refractivity contribution in [1.29, 1.82) is 0 Å². The predicted octanol–water partition coefficient (Wildman–Crippen LogP) is 3.93. The second kappa shape index (κ2) is 7.47. The van der Waals surface area contributed by atoms with E-state index in [9.17, 15) is 8.78 Å². The van der Waals surface area contributed by atoms with E-state index in [4.69, 9.17) is 9.47 Å². The van der Waals surface area contributed by atoms with Gasteiger partial charge in [0.1, 0.15) is 11.6 Å². The maximum absolute atomic E-state index is 13.3. The van der Waals surface area contributed by atoms with Gasteiger partial charge in [-0.25, -0.2) is 8.78 Å². The molecule has 0 bridgehead atoms. The average Bonchev–Trinajstić information content (AvgIpc) is 2.53. The second-order valence-corrected chi connectivity index (χ2v) is 5.27. The van der Waals surface area contributed by atoms with Crippen molar-refractivity contribution >= 4 is 0 Å². The molecule has 0 radical (unpaired) electrons. The number of hydrogen-bond donors (Lipinski definition) is 0. The van der Waals surface area contributed by atoms with E-state index in [1.807, 2.05) is 0 Å². The van der Waals surface area contributed by atoms with Gasteiger partial charge in [0.2, 0.25) is 0 Å². The normalized spacial score (nSPS) is 11.6. The fraction of sp³-hybridized carbons (Fsp3) is 0.333. The highest BCUT2D eigenvalue weighted by Gasteiger charge is 2.34. The van der Waals surface area contributed by atoms with E-state index in [2.05, 4.69) is 0 Å². The van der Waals surface area contributed by atoms with Crippen LogP contribution in [0.1, 0.15) is 17.5 Å². The topological polar surface area (TPSA) is 18.5 Å². The fourth-order valence-corrected chi connectivity index (χ4v) is 2.75. The van der Waals surface area contributed by atoms with Crippen molar-refractivity contribution in [2.45, 2.75) is 11.8 Å². The molecule has 22 heavy (non-hydrogen) atoms. The van der Waals surface area contributed by atoms with Gasteiger partial charge in [0.25, 0.3) is 0 Å². The van der Waals surface area contributed by atoms with Crippen LogP contribution in [0.4, 0.5) is 8.78 Å². The monoisotopic (exact) mass is 306 g/mol.